The number of nitrogen functional groups attached to an aromatic ring is 1. The van der Waals surface area contributed by atoms with Crippen LogP contribution in [0, 0.1) is 0 Å². The van der Waals surface area contributed by atoms with Gasteiger partial charge in [0.15, 0.2) is 5.69 Å². The van der Waals surface area contributed by atoms with E-state index < -0.39 is 23.1 Å². The number of nitrogens with zero attached hydrogens (tertiary/aromatic N) is 3. The van der Waals surface area contributed by atoms with E-state index in [9.17, 15) is 19.2 Å². The molecular weight excluding hydrogens is 462 g/mol. The predicted octanol–water partition coefficient (Wildman–Crippen LogP) is 2.20. The maximum absolute atomic E-state index is 13.6. The van der Waals surface area contributed by atoms with Crippen LogP contribution in [0.15, 0.2) is 88.6 Å². The Bertz CT molecular complexity index is 1500. The summed E-state index contributed by atoms with van der Waals surface area (Å²) in [6.07, 6.45) is 1.21. The first-order chi connectivity index (χ1) is 17.4. The van der Waals surface area contributed by atoms with Crippen molar-refractivity contribution in [3.8, 4) is 0 Å². The number of H-pyrrole nitrogens is 1. The van der Waals surface area contributed by atoms with Crippen LogP contribution in [0.3, 0.4) is 0 Å². The van der Waals surface area contributed by atoms with Crippen molar-refractivity contribution in [2.45, 2.75) is 13.1 Å². The molecule has 0 fully saturated rings. The molecule has 0 unspecified atom stereocenters. The van der Waals surface area contributed by atoms with Gasteiger partial charge in [-0.1, -0.05) is 60.7 Å². The minimum atomic E-state index is -0.808. The molecule has 0 aliphatic rings. The maximum Gasteiger partial charge on any atom is 0.339 e. The van der Waals surface area contributed by atoms with E-state index in [0.717, 1.165) is 11.1 Å². The first kappa shape index (κ1) is 24.1. The van der Waals surface area contributed by atoms with Gasteiger partial charge in [0, 0.05) is 6.20 Å². The van der Waals surface area contributed by atoms with E-state index >= 15 is 0 Å². The first-order valence-corrected chi connectivity index (χ1v) is 11.0. The van der Waals surface area contributed by atoms with E-state index in [4.69, 9.17) is 5.73 Å². The van der Waals surface area contributed by atoms with Crippen LogP contribution in [0.4, 0.5) is 11.5 Å². The molecule has 2 heterocycles. The van der Waals surface area contributed by atoms with Gasteiger partial charge in [-0.3, -0.25) is 29.0 Å². The molecule has 0 saturated carbocycles. The number of carbonyl (C=O) groups excluding carboxylic acids is 2. The zero-order chi connectivity index (χ0) is 25.7. The zero-order valence-corrected chi connectivity index (χ0v) is 19.4. The molecule has 2 aromatic heterocycles. The van der Waals surface area contributed by atoms with E-state index in [-0.39, 0.29) is 35.9 Å². The van der Waals surface area contributed by atoms with Crippen molar-refractivity contribution in [3.05, 3.63) is 122 Å². The highest BCUT2D eigenvalue weighted by molar-refractivity contribution is 6.06. The summed E-state index contributed by atoms with van der Waals surface area (Å²) in [4.78, 5) is 58.5. The van der Waals surface area contributed by atoms with Crippen LogP contribution in [0.1, 0.15) is 32.0 Å². The number of carbonyl (C=O) groups is 2. The van der Waals surface area contributed by atoms with Crippen molar-refractivity contribution >= 4 is 23.4 Å². The fourth-order valence-corrected chi connectivity index (χ4v) is 3.68. The lowest BCUT2D eigenvalue weighted by atomic mass is 10.1. The van der Waals surface area contributed by atoms with Crippen LogP contribution >= 0.6 is 0 Å². The lowest BCUT2D eigenvalue weighted by Gasteiger charge is -2.24. The SMILES string of the molecule is COC(=O)c1ccc(C(=O)N(Cc2ccccc2)c2c(N)n(Cc3ccccc3)c(=O)[nH]c2=O)nc1. The smallest absolute Gasteiger partial charge is 0.339 e. The second-order valence-electron chi connectivity index (χ2n) is 7.87. The van der Waals surface area contributed by atoms with Gasteiger partial charge in [-0.15, -0.1) is 0 Å². The Kier molecular flexibility index (Phi) is 7.05. The van der Waals surface area contributed by atoms with Crippen molar-refractivity contribution in [1.29, 1.82) is 0 Å². The van der Waals surface area contributed by atoms with Crippen LogP contribution in [-0.4, -0.2) is 33.5 Å². The van der Waals surface area contributed by atoms with E-state index in [0.29, 0.717) is 0 Å². The monoisotopic (exact) mass is 485 g/mol. The molecular formula is C26H23N5O5. The molecule has 0 saturated heterocycles. The third-order valence-corrected chi connectivity index (χ3v) is 5.50. The molecule has 4 aromatic rings. The summed E-state index contributed by atoms with van der Waals surface area (Å²) in [6, 6.07) is 20.9. The molecule has 0 atom stereocenters. The highest BCUT2D eigenvalue weighted by Gasteiger charge is 2.26. The summed E-state index contributed by atoms with van der Waals surface area (Å²) < 4.78 is 5.87. The molecule has 0 aliphatic heterocycles. The van der Waals surface area contributed by atoms with Crippen LogP contribution in [0.2, 0.25) is 0 Å². The number of nitrogens with two attached hydrogens (primary N) is 1. The molecule has 0 bridgehead atoms. The number of hydrogen-bond acceptors (Lipinski definition) is 7. The Hall–Kier alpha value is -4.99. The molecule has 10 nitrogen and oxygen atoms in total. The van der Waals surface area contributed by atoms with Crippen molar-refractivity contribution in [2.75, 3.05) is 17.7 Å². The summed E-state index contributed by atoms with van der Waals surface area (Å²) in [5, 5.41) is 0. The quantitative estimate of drug-likeness (QED) is 0.382. The fraction of sp³-hybridized carbons (Fsp3) is 0.115. The second kappa shape index (κ2) is 10.5. The summed E-state index contributed by atoms with van der Waals surface area (Å²) in [6.45, 7) is 0.0751. The summed E-state index contributed by atoms with van der Waals surface area (Å²) >= 11 is 0. The van der Waals surface area contributed by atoms with Gasteiger partial charge < -0.3 is 10.5 Å². The highest BCUT2D eigenvalue weighted by atomic mass is 16.5. The molecule has 4 rings (SSSR count). The van der Waals surface area contributed by atoms with Crippen LogP contribution in [-0.2, 0) is 17.8 Å². The van der Waals surface area contributed by atoms with E-state index in [1.807, 2.05) is 36.4 Å². The van der Waals surface area contributed by atoms with E-state index in [1.165, 1.54) is 34.9 Å². The van der Waals surface area contributed by atoms with Gasteiger partial charge in [0.1, 0.15) is 11.5 Å². The fourth-order valence-electron chi connectivity index (χ4n) is 3.68. The van der Waals surface area contributed by atoms with Gasteiger partial charge >= 0.3 is 11.7 Å². The third kappa shape index (κ3) is 5.07. The third-order valence-electron chi connectivity index (χ3n) is 5.50. The van der Waals surface area contributed by atoms with Gasteiger partial charge in [-0.2, -0.15) is 0 Å². The van der Waals surface area contributed by atoms with Crippen molar-refractivity contribution < 1.29 is 14.3 Å². The van der Waals surface area contributed by atoms with E-state index in [1.54, 1.807) is 24.3 Å². The number of rotatable bonds is 7. The first-order valence-electron chi connectivity index (χ1n) is 11.0. The normalized spacial score (nSPS) is 10.6. The molecule has 10 heteroatoms. The number of methoxy groups -OCH3 is 1. The number of ether oxygens (including phenoxy) is 1. The summed E-state index contributed by atoms with van der Waals surface area (Å²) in [5.41, 5.74) is 6.30. The molecule has 0 radical (unpaired) electrons. The summed E-state index contributed by atoms with van der Waals surface area (Å²) in [5.74, 6) is -1.41. The second-order valence-corrected chi connectivity index (χ2v) is 7.87. The van der Waals surface area contributed by atoms with Gasteiger partial charge in [0.2, 0.25) is 0 Å². The van der Waals surface area contributed by atoms with Crippen LogP contribution in [0.25, 0.3) is 0 Å². The molecule has 3 N–H and O–H groups in total. The average Bonchev–Trinajstić information content (AvgIpc) is 2.91. The average molecular weight is 486 g/mol. The van der Waals surface area contributed by atoms with Crippen LogP contribution in [0.5, 0.6) is 0 Å². The zero-order valence-electron chi connectivity index (χ0n) is 19.4. The molecule has 0 aliphatic carbocycles. The standard InChI is InChI=1S/C26H23N5O5/c1-36-25(34)19-12-13-20(28-14-19)24(33)30(15-17-8-4-2-5-9-17)21-22(27)31(26(35)29-23(21)32)16-18-10-6-3-7-11-18/h2-14H,15-16,27H2,1H3,(H,29,32,35). The van der Waals surface area contributed by atoms with Gasteiger partial charge in [0.05, 0.1) is 25.8 Å². The van der Waals surface area contributed by atoms with Gasteiger partial charge in [-0.05, 0) is 23.3 Å². The topological polar surface area (TPSA) is 140 Å². The number of amides is 1. The lowest BCUT2D eigenvalue weighted by molar-refractivity contribution is 0.0599. The molecule has 0 spiro atoms. The summed E-state index contributed by atoms with van der Waals surface area (Å²) in [7, 11) is 1.24. The lowest BCUT2D eigenvalue weighted by Crippen LogP contribution is -2.41. The minimum Gasteiger partial charge on any atom is -0.465 e. The Morgan fingerprint density at radius 1 is 0.972 bits per heavy atom. The van der Waals surface area contributed by atoms with E-state index in [2.05, 4.69) is 14.7 Å². The van der Waals surface area contributed by atoms with Crippen molar-refractivity contribution in [2.24, 2.45) is 0 Å². The number of anilines is 2. The maximum atomic E-state index is 13.6. The predicted molar refractivity (Wildman–Crippen MR) is 134 cm³/mol. The number of hydrogen-bond donors (Lipinski definition) is 2. The number of esters is 1. The Morgan fingerprint density at radius 3 is 2.19 bits per heavy atom. The molecule has 1 amide bonds. The molecule has 182 valence electrons. The number of aromatic nitrogens is 3. The highest BCUT2D eigenvalue weighted by Crippen LogP contribution is 2.22. The number of nitrogens with one attached hydrogen (secondary N) is 1. The van der Waals surface area contributed by atoms with Crippen molar-refractivity contribution in [3.63, 3.8) is 0 Å². The number of benzene rings is 2. The van der Waals surface area contributed by atoms with Gasteiger partial charge in [0.25, 0.3) is 11.5 Å². The number of pyridine rings is 1. The van der Waals surface area contributed by atoms with Gasteiger partial charge in [-0.25, -0.2) is 9.59 Å². The minimum absolute atomic E-state index is 0.0169. The Balaban J connectivity index is 1.81. The van der Waals surface area contributed by atoms with Crippen LogP contribution < -0.4 is 21.9 Å². The largest absolute Gasteiger partial charge is 0.465 e. The Labute approximate surface area is 205 Å². The number of aromatic amines is 1. The Morgan fingerprint density at radius 2 is 1.61 bits per heavy atom. The van der Waals surface area contributed by atoms with Crippen molar-refractivity contribution in [1.82, 2.24) is 14.5 Å². The molecule has 2 aromatic carbocycles. The molecule has 36 heavy (non-hydrogen) atoms.